The second kappa shape index (κ2) is 18.2. The van der Waals surface area contributed by atoms with Gasteiger partial charge in [0.2, 0.25) is 0 Å². The van der Waals surface area contributed by atoms with E-state index in [2.05, 4.69) is 19.2 Å². The van der Waals surface area contributed by atoms with Gasteiger partial charge in [-0.1, -0.05) is 13.8 Å². The Morgan fingerprint density at radius 2 is 1.52 bits per heavy atom. The number of nitrogens with one attached hydrogen (secondary N) is 1. The summed E-state index contributed by atoms with van der Waals surface area (Å²) in [4.78, 5) is 25.3. The minimum atomic E-state index is -0.507. The molecule has 5 N–H and O–H groups in total. The summed E-state index contributed by atoms with van der Waals surface area (Å²) in [5.41, 5.74) is 6.32. The Hall–Kier alpha value is -1.30. The Balaban J connectivity index is 1.36. The van der Waals surface area contributed by atoms with Crippen LogP contribution in [0.4, 0.5) is 0 Å². The van der Waals surface area contributed by atoms with Crippen molar-refractivity contribution >= 4 is 11.9 Å². The van der Waals surface area contributed by atoms with Crippen LogP contribution in [0.1, 0.15) is 118 Å². The summed E-state index contributed by atoms with van der Waals surface area (Å²) in [7, 11) is 3.47. The highest BCUT2D eigenvalue weighted by Crippen LogP contribution is 2.54. The Morgan fingerprint density at radius 3 is 2.18 bits per heavy atom. The van der Waals surface area contributed by atoms with E-state index in [0.29, 0.717) is 67.1 Å². The monoisotopic (exact) mass is 707 g/mol. The summed E-state index contributed by atoms with van der Waals surface area (Å²) >= 11 is 0. The average molecular weight is 707 g/mol. The maximum atomic E-state index is 12.7. The molecule has 5 rings (SSSR count). The summed E-state index contributed by atoms with van der Waals surface area (Å²) < 4.78 is 23.9. The van der Waals surface area contributed by atoms with Gasteiger partial charge in [-0.3, -0.25) is 9.59 Å². The molecule has 0 aromatic rings. The Morgan fingerprint density at radius 1 is 0.780 bits per heavy atom. The number of methoxy groups -OCH3 is 2. The van der Waals surface area contributed by atoms with Crippen molar-refractivity contribution in [1.82, 2.24) is 5.32 Å². The minimum absolute atomic E-state index is 0.0355. The van der Waals surface area contributed by atoms with Crippen LogP contribution in [0.2, 0.25) is 0 Å². The van der Waals surface area contributed by atoms with E-state index in [1.165, 1.54) is 26.7 Å². The fourth-order valence-corrected chi connectivity index (χ4v) is 11.8. The summed E-state index contributed by atoms with van der Waals surface area (Å²) in [6.45, 7) is 8.49. The molecule has 0 amide bonds. The molecule has 1 saturated heterocycles. The minimum Gasteiger partial charge on any atom is -0.462 e. The Kier molecular flexibility index (Phi) is 14.5. The fourth-order valence-electron chi connectivity index (χ4n) is 11.8. The van der Waals surface area contributed by atoms with Crippen molar-refractivity contribution in [2.75, 3.05) is 20.8 Å². The standard InChI is InChI=1S/C40H70N2O8/c1-22(2)32-14-25-7-9-30(47-5)19-35-34(25)15-28(32)13-29(16-36(35)45)38(50-24(4)44)20-31(49-23(3)43)10-8-26-17-39(48-6)37(46)21-33(26)27-11-12-42-40(41)18-27/h22,25-40,42,45-46H,7-21,41H2,1-6H3. The van der Waals surface area contributed by atoms with E-state index >= 15 is 0 Å². The highest BCUT2D eigenvalue weighted by atomic mass is 16.6. The second-order valence-corrected chi connectivity index (χ2v) is 17.5. The van der Waals surface area contributed by atoms with Gasteiger partial charge in [0.05, 0.1) is 30.6 Å². The van der Waals surface area contributed by atoms with E-state index in [1.807, 2.05) is 0 Å². The summed E-state index contributed by atoms with van der Waals surface area (Å²) in [5, 5.41) is 26.3. The van der Waals surface area contributed by atoms with Crippen molar-refractivity contribution in [3.63, 3.8) is 0 Å². The number of fused-ring (bicyclic) bond motifs is 1. The van der Waals surface area contributed by atoms with Gasteiger partial charge in [-0.25, -0.2) is 0 Å². The third-order valence-electron chi connectivity index (χ3n) is 14.1. The van der Waals surface area contributed by atoms with Crippen LogP contribution in [0.25, 0.3) is 0 Å². The predicted molar refractivity (Wildman–Crippen MR) is 192 cm³/mol. The molecule has 10 heteroatoms. The molecule has 10 nitrogen and oxygen atoms in total. The number of rotatable bonds is 12. The third kappa shape index (κ3) is 10.0. The van der Waals surface area contributed by atoms with Gasteiger partial charge in [-0.15, -0.1) is 0 Å². The van der Waals surface area contributed by atoms with Gasteiger partial charge >= 0.3 is 11.9 Å². The van der Waals surface area contributed by atoms with Gasteiger partial charge in [-0.2, -0.15) is 0 Å². The number of ether oxygens (including phenoxy) is 4. The number of piperidine rings is 1. The molecule has 1 aliphatic heterocycles. The van der Waals surface area contributed by atoms with Crippen LogP contribution in [0.15, 0.2) is 0 Å². The molecule has 5 aliphatic rings. The topological polar surface area (TPSA) is 150 Å². The maximum absolute atomic E-state index is 12.7. The molecular formula is C40H70N2O8. The van der Waals surface area contributed by atoms with Crippen molar-refractivity contribution in [2.45, 2.75) is 160 Å². The molecule has 0 radical (unpaired) electrons. The van der Waals surface area contributed by atoms with E-state index in [0.717, 1.165) is 57.9 Å². The van der Waals surface area contributed by atoms with Gasteiger partial charge in [-0.05, 0) is 149 Å². The molecule has 288 valence electrons. The Labute approximate surface area is 301 Å². The first-order valence-electron chi connectivity index (χ1n) is 20.1. The predicted octanol–water partition coefficient (Wildman–Crippen LogP) is 5.21. The van der Waals surface area contributed by atoms with Crippen LogP contribution in [-0.4, -0.2) is 85.7 Å². The zero-order valence-electron chi connectivity index (χ0n) is 31.8. The summed E-state index contributed by atoms with van der Waals surface area (Å²) in [6, 6.07) is 0. The van der Waals surface area contributed by atoms with E-state index in [4.69, 9.17) is 24.7 Å². The number of aliphatic hydroxyl groups is 2. The SMILES string of the molecule is COC1CCC2CC(C(C)C)C3CC(C(CC(CCC4CC(OC)C(O)CC4C4CCNC(N)C4)OC(C)=O)OC(C)=O)CC(O)C(C1)C2C3. The van der Waals surface area contributed by atoms with E-state index in [1.54, 1.807) is 14.2 Å². The number of hydrogen-bond acceptors (Lipinski definition) is 10. The van der Waals surface area contributed by atoms with Crippen LogP contribution < -0.4 is 11.1 Å². The van der Waals surface area contributed by atoms with Gasteiger partial charge in [0, 0.05) is 34.5 Å². The van der Waals surface area contributed by atoms with Crippen molar-refractivity contribution < 1.29 is 38.7 Å². The first-order valence-corrected chi connectivity index (χ1v) is 20.1. The number of nitrogens with two attached hydrogens (primary N) is 1. The molecule has 2 bridgehead atoms. The quantitative estimate of drug-likeness (QED) is 0.199. The normalized spacial score (nSPS) is 42.0. The Bertz CT molecular complexity index is 1090. The third-order valence-corrected chi connectivity index (χ3v) is 14.1. The number of carbonyl (C=O) groups is 2. The maximum Gasteiger partial charge on any atom is 0.302 e. The van der Waals surface area contributed by atoms with Crippen LogP contribution in [0, 0.1) is 59.2 Å². The van der Waals surface area contributed by atoms with Crippen LogP contribution in [0.3, 0.4) is 0 Å². The molecular weight excluding hydrogens is 636 g/mol. The lowest BCUT2D eigenvalue weighted by molar-refractivity contribution is -0.159. The number of carbonyl (C=O) groups excluding carboxylic acids is 2. The number of hydrogen-bond donors (Lipinski definition) is 4. The molecule has 0 aromatic heterocycles. The van der Waals surface area contributed by atoms with Crippen LogP contribution >= 0.6 is 0 Å². The molecule has 5 fully saturated rings. The number of esters is 2. The van der Waals surface area contributed by atoms with Gasteiger partial charge in [0.1, 0.15) is 12.2 Å². The van der Waals surface area contributed by atoms with Crippen molar-refractivity contribution in [3.8, 4) is 0 Å². The molecule has 0 spiro atoms. The molecule has 4 aliphatic carbocycles. The second-order valence-electron chi connectivity index (χ2n) is 17.5. The van der Waals surface area contributed by atoms with Crippen LogP contribution in [0.5, 0.6) is 0 Å². The van der Waals surface area contributed by atoms with Crippen molar-refractivity contribution in [3.05, 3.63) is 0 Å². The number of aliphatic hydroxyl groups excluding tert-OH is 2. The molecule has 1 heterocycles. The zero-order valence-corrected chi connectivity index (χ0v) is 31.8. The van der Waals surface area contributed by atoms with Crippen LogP contribution in [-0.2, 0) is 28.5 Å². The largest absolute Gasteiger partial charge is 0.462 e. The first-order chi connectivity index (χ1) is 23.9. The van der Waals surface area contributed by atoms with Gasteiger partial charge < -0.3 is 40.2 Å². The van der Waals surface area contributed by atoms with E-state index in [9.17, 15) is 19.8 Å². The lowest BCUT2D eigenvalue weighted by atomic mass is 9.56. The van der Waals surface area contributed by atoms with Crippen molar-refractivity contribution in [1.29, 1.82) is 0 Å². The van der Waals surface area contributed by atoms with Crippen molar-refractivity contribution in [2.24, 2.45) is 64.9 Å². The average Bonchev–Trinajstić information content (AvgIpc) is 3.23. The lowest BCUT2D eigenvalue weighted by Gasteiger charge is -2.50. The molecule has 16 unspecified atom stereocenters. The summed E-state index contributed by atoms with van der Waals surface area (Å²) in [5.74, 6) is 3.22. The first kappa shape index (κ1) is 39.9. The zero-order chi connectivity index (χ0) is 36.1. The van der Waals surface area contributed by atoms with E-state index in [-0.39, 0.29) is 48.1 Å². The summed E-state index contributed by atoms with van der Waals surface area (Å²) in [6.07, 6.45) is 10.1. The van der Waals surface area contributed by atoms with Gasteiger partial charge in [0.25, 0.3) is 0 Å². The molecule has 16 atom stereocenters. The molecule has 50 heavy (non-hydrogen) atoms. The van der Waals surface area contributed by atoms with Gasteiger partial charge in [0.15, 0.2) is 0 Å². The fraction of sp³-hybridized carbons (Fsp3) is 0.950. The lowest BCUT2D eigenvalue weighted by Crippen LogP contribution is -2.49. The highest BCUT2D eigenvalue weighted by Gasteiger charge is 2.49. The van der Waals surface area contributed by atoms with E-state index < -0.39 is 24.4 Å². The molecule has 0 aromatic carbocycles. The highest BCUT2D eigenvalue weighted by molar-refractivity contribution is 5.66. The smallest absolute Gasteiger partial charge is 0.302 e. The molecule has 4 saturated carbocycles.